The number of hydrogen-bond donors (Lipinski definition) is 1. The lowest BCUT2D eigenvalue weighted by atomic mass is 10.1. The summed E-state index contributed by atoms with van der Waals surface area (Å²) in [4.78, 5) is 14.5. The Morgan fingerprint density at radius 2 is 1.59 bits per heavy atom. The Balaban J connectivity index is 1.61. The number of carbonyl (C=O) groups is 1. The van der Waals surface area contributed by atoms with Crippen LogP contribution in [0.2, 0.25) is 0 Å². The van der Waals surface area contributed by atoms with E-state index in [4.69, 9.17) is 0 Å². The van der Waals surface area contributed by atoms with E-state index in [0.717, 1.165) is 29.7 Å². The van der Waals surface area contributed by atoms with Crippen LogP contribution >= 0.6 is 0 Å². The third-order valence-corrected chi connectivity index (χ3v) is 6.30. The van der Waals surface area contributed by atoms with Crippen molar-refractivity contribution >= 4 is 21.6 Å². The molecule has 0 aliphatic heterocycles. The smallest absolute Gasteiger partial charge is 0.261 e. The molecule has 1 N–H and O–H groups in total. The van der Waals surface area contributed by atoms with Crippen LogP contribution in [0.25, 0.3) is 0 Å². The van der Waals surface area contributed by atoms with Crippen molar-refractivity contribution in [1.82, 2.24) is 4.90 Å². The van der Waals surface area contributed by atoms with Crippen LogP contribution in [0.15, 0.2) is 96.4 Å². The molecule has 0 fully saturated rings. The van der Waals surface area contributed by atoms with Crippen molar-refractivity contribution < 1.29 is 17.6 Å². The van der Waals surface area contributed by atoms with Gasteiger partial charge >= 0.3 is 0 Å². The van der Waals surface area contributed by atoms with Gasteiger partial charge in [-0.15, -0.1) is 6.58 Å². The van der Waals surface area contributed by atoms with Crippen LogP contribution in [0.3, 0.4) is 0 Å². The molecule has 0 aliphatic rings. The molecule has 0 atom stereocenters. The monoisotopic (exact) mass is 452 g/mol. The summed E-state index contributed by atoms with van der Waals surface area (Å²) in [5.41, 5.74) is 2.29. The molecule has 5 nitrogen and oxygen atoms in total. The molecule has 3 aromatic rings. The second-order valence-electron chi connectivity index (χ2n) is 7.30. The second-order valence-corrected chi connectivity index (χ2v) is 8.98. The summed E-state index contributed by atoms with van der Waals surface area (Å²) in [5, 5.41) is 0. The highest BCUT2D eigenvalue weighted by atomic mass is 32.2. The highest BCUT2D eigenvalue weighted by Crippen LogP contribution is 2.17. The summed E-state index contributed by atoms with van der Waals surface area (Å²) >= 11 is 0. The molecule has 0 saturated carbocycles. The Labute approximate surface area is 188 Å². The first-order valence-electron chi connectivity index (χ1n) is 10.2. The summed E-state index contributed by atoms with van der Waals surface area (Å²) in [7, 11) is -3.82. The van der Waals surface area contributed by atoms with Gasteiger partial charge in [-0.1, -0.05) is 48.5 Å². The molecule has 1 amide bonds. The maximum absolute atomic E-state index is 13.0. The van der Waals surface area contributed by atoms with Gasteiger partial charge in [-0.25, -0.2) is 12.8 Å². The van der Waals surface area contributed by atoms with E-state index in [0.29, 0.717) is 18.8 Å². The molecule has 32 heavy (non-hydrogen) atoms. The lowest BCUT2D eigenvalue weighted by Crippen LogP contribution is -2.34. The molecule has 166 valence electrons. The number of benzene rings is 3. The Morgan fingerprint density at radius 3 is 2.22 bits per heavy atom. The zero-order valence-electron chi connectivity index (χ0n) is 17.6. The van der Waals surface area contributed by atoms with Crippen LogP contribution in [0, 0.1) is 5.82 Å². The molecule has 0 saturated heterocycles. The van der Waals surface area contributed by atoms with Gasteiger partial charge in [-0.3, -0.25) is 9.52 Å². The number of amides is 1. The fourth-order valence-corrected chi connectivity index (χ4v) is 4.25. The molecular formula is C25H25FN2O3S. The van der Waals surface area contributed by atoms with E-state index < -0.39 is 15.8 Å². The third-order valence-electron chi connectivity index (χ3n) is 4.90. The predicted molar refractivity (Wildman–Crippen MR) is 124 cm³/mol. The van der Waals surface area contributed by atoms with Gasteiger partial charge < -0.3 is 4.90 Å². The third kappa shape index (κ3) is 6.52. The van der Waals surface area contributed by atoms with Crippen LogP contribution in [-0.2, 0) is 27.7 Å². The first kappa shape index (κ1) is 23.2. The normalized spacial score (nSPS) is 11.0. The molecule has 0 spiro atoms. The van der Waals surface area contributed by atoms with Crippen molar-refractivity contribution in [1.29, 1.82) is 0 Å². The Kier molecular flexibility index (Phi) is 7.78. The molecule has 0 radical (unpaired) electrons. The first-order chi connectivity index (χ1) is 15.4. The average Bonchev–Trinajstić information content (AvgIpc) is 2.78. The molecule has 0 aliphatic carbocycles. The summed E-state index contributed by atoms with van der Waals surface area (Å²) in [5.74, 6) is -0.535. The topological polar surface area (TPSA) is 66.5 Å². The van der Waals surface area contributed by atoms with Crippen molar-refractivity contribution in [2.24, 2.45) is 0 Å². The fraction of sp³-hybridized carbons (Fsp3) is 0.160. The van der Waals surface area contributed by atoms with E-state index in [2.05, 4.69) is 11.3 Å². The quantitative estimate of drug-likeness (QED) is 0.463. The minimum absolute atomic E-state index is 0.0273. The summed E-state index contributed by atoms with van der Waals surface area (Å²) < 4.78 is 40.3. The average molecular weight is 453 g/mol. The zero-order valence-corrected chi connectivity index (χ0v) is 18.4. The number of rotatable bonds is 10. The van der Waals surface area contributed by atoms with Crippen LogP contribution in [0.1, 0.15) is 11.1 Å². The van der Waals surface area contributed by atoms with Gasteiger partial charge in [0, 0.05) is 18.8 Å². The van der Waals surface area contributed by atoms with E-state index in [1.54, 1.807) is 35.2 Å². The van der Waals surface area contributed by atoms with Gasteiger partial charge in [0.15, 0.2) is 0 Å². The molecule has 0 bridgehead atoms. The SMILES string of the molecule is C=CCN(CCc1ccccc1)C(=O)Cc1ccc(NS(=O)(=O)c2ccc(F)cc2)cc1. The van der Waals surface area contributed by atoms with Crippen LogP contribution < -0.4 is 4.72 Å². The maximum atomic E-state index is 13.0. The number of nitrogens with one attached hydrogen (secondary N) is 1. The van der Waals surface area contributed by atoms with Crippen molar-refractivity contribution in [2.75, 3.05) is 17.8 Å². The second kappa shape index (κ2) is 10.7. The van der Waals surface area contributed by atoms with Gasteiger partial charge in [0.2, 0.25) is 5.91 Å². The first-order valence-corrected chi connectivity index (χ1v) is 11.7. The fourth-order valence-electron chi connectivity index (χ4n) is 3.19. The number of halogens is 1. The molecule has 3 rings (SSSR count). The van der Waals surface area contributed by atoms with Crippen molar-refractivity contribution in [3.05, 3.63) is 108 Å². The van der Waals surface area contributed by atoms with Gasteiger partial charge in [0.1, 0.15) is 5.82 Å². The van der Waals surface area contributed by atoms with Gasteiger partial charge in [0.25, 0.3) is 10.0 Å². The summed E-state index contributed by atoms with van der Waals surface area (Å²) in [6.07, 6.45) is 2.66. The molecular weight excluding hydrogens is 427 g/mol. The minimum Gasteiger partial charge on any atom is -0.338 e. The van der Waals surface area contributed by atoms with E-state index in [1.165, 1.54) is 12.1 Å². The van der Waals surface area contributed by atoms with E-state index in [-0.39, 0.29) is 17.2 Å². The Bertz CT molecular complexity index is 1150. The lowest BCUT2D eigenvalue weighted by molar-refractivity contribution is -0.129. The van der Waals surface area contributed by atoms with Crippen molar-refractivity contribution in [3.8, 4) is 0 Å². The maximum Gasteiger partial charge on any atom is 0.261 e. The Morgan fingerprint density at radius 1 is 0.938 bits per heavy atom. The zero-order chi connectivity index (χ0) is 23.0. The number of anilines is 1. The predicted octanol–water partition coefficient (Wildman–Crippen LogP) is 4.43. The molecule has 7 heteroatoms. The minimum atomic E-state index is -3.82. The van der Waals surface area contributed by atoms with Crippen molar-refractivity contribution in [2.45, 2.75) is 17.7 Å². The molecule has 3 aromatic carbocycles. The Hall–Kier alpha value is -3.45. The number of sulfonamides is 1. The lowest BCUT2D eigenvalue weighted by Gasteiger charge is -2.21. The summed E-state index contributed by atoms with van der Waals surface area (Å²) in [6, 6.07) is 21.2. The molecule has 0 unspecified atom stereocenters. The highest BCUT2D eigenvalue weighted by molar-refractivity contribution is 7.92. The standard InChI is InChI=1S/C25H25FN2O3S/c1-2-17-28(18-16-20-6-4-3-5-7-20)25(29)19-21-8-12-23(13-9-21)27-32(30,31)24-14-10-22(26)11-15-24/h2-15,27H,1,16-19H2. The van der Waals surface area contributed by atoms with Gasteiger partial charge in [-0.2, -0.15) is 0 Å². The van der Waals surface area contributed by atoms with E-state index in [9.17, 15) is 17.6 Å². The molecule has 0 heterocycles. The summed E-state index contributed by atoms with van der Waals surface area (Å²) in [6.45, 7) is 4.79. The van der Waals surface area contributed by atoms with Crippen LogP contribution in [-0.4, -0.2) is 32.3 Å². The van der Waals surface area contributed by atoms with Gasteiger partial charge in [0.05, 0.1) is 11.3 Å². The number of hydrogen-bond acceptors (Lipinski definition) is 3. The largest absolute Gasteiger partial charge is 0.338 e. The van der Waals surface area contributed by atoms with E-state index in [1.807, 2.05) is 30.3 Å². The van der Waals surface area contributed by atoms with E-state index >= 15 is 0 Å². The van der Waals surface area contributed by atoms with Crippen molar-refractivity contribution in [3.63, 3.8) is 0 Å². The van der Waals surface area contributed by atoms with Crippen LogP contribution in [0.4, 0.5) is 10.1 Å². The van der Waals surface area contributed by atoms with Crippen LogP contribution in [0.5, 0.6) is 0 Å². The van der Waals surface area contributed by atoms with Gasteiger partial charge in [-0.05, 0) is 53.9 Å². The molecule has 0 aromatic heterocycles. The highest BCUT2D eigenvalue weighted by Gasteiger charge is 2.15. The number of nitrogens with zero attached hydrogens (tertiary/aromatic N) is 1. The number of carbonyl (C=O) groups excluding carboxylic acids is 1.